The number of hydrogen-bond acceptors (Lipinski definition) is 0. The fourth-order valence-electron chi connectivity index (χ4n) is 1.70. The van der Waals surface area contributed by atoms with Gasteiger partial charge in [-0.25, -0.2) is 0 Å². The van der Waals surface area contributed by atoms with E-state index >= 15 is 0 Å². The molecule has 0 nitrogen and oxygen atoms in total. The first-order chi connectivity index (χ1) is 5.42. The van der Waals surface area contributed by atoms with Gasteiger partial charge in [-0.3, -0.25) is 0 Å². The van der Waals surface area contributed by atoms with Crippen LogP contribution >= 0.6 is 0 Å². The lowest BCUT2D eigenvalue weighted by Gasteiger charge is -2.27. The molecule has 0 amide bonds. The molecule has 0 fully saturated rings. The first kappa shape index (κ1) is 6.66. The van der Waals surface area contributed by atoms with Crippen LogP contribution in [-0.2, 0) is 6.42 Å². The van der Waals surface area contributed by atoms with Gasteiger partial charge in [-0.1, -0.05) is 36.4 Å². The highest BCUT2D eigenvalue weighted by Gasteiger charge is 2.21. The van der Waals surface area contributed by atoms with Crippen LogP contribution in [0, 0.1) is 0 Å². The summed E-state index contributed by atoms with van der Waals surface area (Å²) in [5, 5.41) is 0. The average molecular weight is 144 g/mol. The molecule has 0 heterocycles. The molecule has 11 heavy (non-hydrogen) atoms. The van der Waals surface area contributed by atoms with E-state index < -0.39 is 0 Å². The Kier molecular flexibility index (Phi) is 1.54. The van der Waals surface area contributed by atoms with Crippen LogP contribution in [0.5, 0.6) is 0 Å². The lowest BCUT2D eigenvalue weighted by molar-refractivity contribution is 0.731. The SMILES string of the molecule is C/C=C/C1Cc2ccccc21. The minimum absolute atomic E-state index is 0.705. The molecule has 0 radical (unpaired) electrons. The molecular weight excluding hydrogens is 132 g/mol. The highest BCUT2D eigenvalue weighted by molar-refractivity contribution is 5.42. The van der Waals surface area contributed by atoms with E-state index in [-0.39, 0.29) is 0 Å². The summed E-state index contributed by atoms with van der Waals surface area (Å²) in [5.41, 5.74) is 3.04. The molecule has 1 aromatic rings. The first-order valence-corrected chi connectivity index (χ1v) is 4.12. The molecule has 1 aliphatic rings. The molecule has 0 N–H and O–H groups in total. The summed E-state index contributed by atoms with van der Waals surface area (Å²) in [6.07, 6.45) is 5.66. The summed E-state index contributed by atoms with van der Waals surface area (Å²) >= 11 is 0. The molecule has 0 aromatic heterocycles. The van der Waals surface area contributed by atoms with Gasteiger partial charge >= 0.3 is 0 Å². The van der Waals surface area contributed by atoms with Gasteiger partial charge in [-0.2, -0.15) is 0 Å². The standard InChI is InChI=1S/C11H12/c1-2-5-9-8-10-6-3-4-7-11(9)10/h2-7,9H,8H2,1H3/b5-2+. The largest absolute Gasteiger partial charge is 0.0910 e. The van der Waals surface area contributed by atoms with Crippen molar-refractivity contribution in [3.8, 4) is 0 Å². The second-order valence-electron chi connectivity index (χ2n) is 3.04. The molecule has 0 heteroatoms. The van der Waals surface area contributed by atoms with Crippen molar-refractivity contribution in [2.24, 2.45) is 0 Å². The fraction of sp³-hybridized carbons (Fsp3) is 0.273. The second-order valence-corrected chi connectivity index (χ2v) is 3.04. The van der Waals surface area contributed by atoms with Crippen LogP contribution < -0.4 is 0 Å². The van der Waals surface area contributed by atoms with Gasteiger partial charge in [0.25, 0.3) is 0 Å². The molecule has 0 aliphatic heterocycles. The molecule has 1 aliphatic carbocycles. The van der Waals surface area contributed by atoms with Crippen molar-refractivity contribution in [3.63, 3.8) is 0 Å². The van der Waals surface area contributed by atoms with E-state index in [2.05, 4.69) is 43.3 Å². The van der Waals surface area contributed by atoms with Crippen LogP contribution in [-0.4, -0.2) is 0 Å². The Labute approximate surface area is 67.6 Å². The van der Waals surface area contributed by atoms with Crippen LogP contribution in [0.1, 0.15) is 24.0 Å². The van der Waals surface area contributed by atoms with Gasteiger partial charge in [-0.05, 0) is 24.5 Å². The van der Waals surface area contributed by atoms with Gasteiger partial charge in [0.05, 0.1) is 0 Å². The van der Waals surface area contributed by atoms with Crippen LogP contribution in [0.3, 0.4) is 0 Å². The molecule has 0 saturated heterocycles. The minimum atomic E-state index is 0.705. The maximum absolute atomic E-state index is 2.28. The van der Waals surface area contributed by atoms with Gasteiger partial charge in [0.1, 0.15) is 0 Å². The number of fused-ring (bicyclic) bond motifs is 1. The van der Waals surface area contributed by atoms with E-state index in [1.54, 1.807) is 0 Å². The van der Waals surface area contributed by atoms with Crippen molar-refractivity contribution in [2.75, 3.05) is 0 Å². The summed E-state index contributed by atoms with van der Waals surface area (Å²) in [4.78, 5) is 0. The summed E-state index contributed by atoms with van der Waals surface area (Å²) < 4.78 is 0. The number of benzene rings is 1. The third kappa shape index (κ3) is 0.988. The maximum Gasteiger partial charge on any atom is 0.00611 e. The normalized spacial score (nSPS) is 21.4. The van der Waals surface area contributed by atoms with Crippen molar-refractivity contribution in [3.05, 3.63) is 47.5 Å². The monoisotopic (exact) mass is 144 g/mol. The zero-order valence-electron chi connectivity index (χ0n) is 6.75. The van der Waals surface area contributed by atoms with Crippen molar-refractivity contribution in [2.45, 2.75) is 19.3 Å². The Morgan fingerprint density at radius 2 is 2.18 bits per heavy atom. The molecule has 1 aromatic carbocycles. The van der Waals surface area contributed by atoms with Crippen molar-refractivity contribution < 1.29 is 0 Å². The molecule has 0 saturated carbocycles. The Balaban J connectivity index is 2.29. The van der Waals surface area contributed by atoms with Gasteiger partial charge in [-0.15, -0.1) is 0 Å². The fourth-order valence-corrected chi connectivity index (χ4v) is 1.70. The van der Waals surface area contributed by atoms with E-state index in [1.807, 2.05) is 0 Å². The van der Waals surface area contributed by atoms with Crippen LogP contribution in [0.15, 0.2) is 36.4 Å². The summed E-state index contributed by atoms with van der Waals surface area (Å²) in [7, 11) is 0. The maximum atomic E-state index is 2.28. The van der Waals surface area contributed by atoms with Crippen LogP contribution in [0.2, 0.25) is 0 Å². The highest BCUT2D eigenvalue weighted by Crippen LogP contribution is 2.35. The zero-order valence-corrected chi connectivity index (χ0v) is 6.75. The first-order valence-electron chi connectivity index (χ1n) is 4.12. The third-order valence-corrected chi connectivity index (χ3v) is 2.32. The van der Waals surface area contributed by atoms with E-state index in [1.165, 1.54) is 17.5 Å². The van der Waals surface area contributed by atoms with E-state index in [9.17, 15) is 0 Å². The van der Waals surface area contributed by atoms with Crippen molar-refractivity contribution in [1.82, 2.24) is 0 Å². The van der Waals surface area contributed by atoms with Crippen LogP contribution in [0.4, 0.5) is 0 Å². The Hall–Kier alpha value is -1.04. The highest BCUT2D eigenvalue weighted by atomic mass is 14.3. The van der Waals surface area contributed by atoms with Gasteiger partial charge in [0, 0.05) is 5.92 Å². The predicted octanol–water partition coefficient (Wildman–Crippen LogP) is 2.90. The number of allylic oxidation sites excluding steroid dienone is 2. The zero-order chi connectivity index (χ0) is 7.68. The Bertz CT molecular complexity index is 284. The van der Waals surface area contributed by atoms with Crippen LogP contribution in [0.25, 0.3) is 0 Å². The summed E-state index contributed by atoms with van der Waals surface area (Å²) in [5.74, 6) is 0.705. The third-order valence-electron chi connectivity index (χ3n) is 2.32. The quantitative estimate of drug-likeness (QED) is 0.532. The van der Waals surface area contributed by atoms with E-state index in [0.29, 0.717) is 5.92 Å². The molecule has 0 bridgehead atoms. The summed E-state index contributed by atoms with van der Waals surface area (Å²) in [6.45, 7) is 2.08. The van der Waals surface area contributed by atoms with Crippen molar-refractivity contribution >= 4 is 0 Å². The predicted molar refractivity (Wildman–Crippen MR) is 47.7 cm³/mol. The lowest BCUT2D eigenvalue weighted by Crippen LogP contribution is -2.14. The molecule has 0 spiro atoms. The van der Waals surface area contributed by atoms with E-state index in [0.717, 1.165) is 0 Å². The smallest absolute Gasteiger partial charge is 0.00611 e. The van der Waals surface area contributed by atoms with Gasteiger partial charge in [0.15, 0.2) is 0 Å². The Morgan fingerprint density at radius 1 is 1.36 bits per heavy atom. The molecular formula is C11H12. The second kappa shape index (κ2) is 2.54. The molecule has 1 unspecified atom stereocenters. The van der Waals surface area contributed by atoms with Gasteiger partial charge < -0.3 is 0 Å². The Morgan fingerprint density at radius 3 is 2.91 bits per heavy atom. The number of rotatable bonds is 1. The van der Waals surface area contributed by atoms with E-state index in [4.69, 9.17) is 0 Å². The topological polar surface area (TPSA) is 0 Å². The van der Waals surface area contributed by atoms with Gasteiger partial charge in [0.2, 0.25) is 0 Å². The average Bonchev–Trinajstić information content (AvgIpc) is 2.01. The minimum Gasteiger partial charge on any atom is -0.0910 e. The molecule has 2 rings (SSSR count). The summed E-state index contributed by atoms with van der Waals surface area (Å²) in [6, 6.07) is 8.68. The number of hydrogen-bond donors (Lipinski definition) is 0. The molecule has 56 valence electrons. The van der Waals surface area contributed by atoms with Crippen molar-refractivity contribution in [1.29, 1.82) is 0 Å². The lowest BCUT2D eigenvalue weighted by atomic mass is 9.77. The molecule has 1 atom stereocenters.